The highest BCUT2D eigenvalue weighted by molar-refractivity contribution is 5.97. The van der Waals surface area contributed by atoms with E-state index >= 15 is 0 Å². The van der Waals surface area contributed by atoms with Gasteiger partial charge in [0.2, 0.25) is 5.91 Å². The maximum atomic E-state index is 13.7. The van der Waals surface area contributed by atoms with Crippen molar-refractivity contribution in [3.05, 3.63) is 71.6 Å². The molecule has 1 aliphatic rings. The quantitative estimate of drug-likeness (QED) is 0.773. The molecule has 2 aromatic carbocycles. The van der Waals surface area contributed by atoms with Crippen LogP contribution in [-0.4, -0.2) is 29.2 Å². The summed E-state index contributed by atoms with van der Waals surface area (Å²) in [6.07, 6.45) is -2.49. The van der Waals surface area contributed by atoms with E-state index in [1.165, 1.54) is 35.3 Å². The number of anilines is 1. The lowest BCUT2D eigenvalue weighted by molar-refractivity contribution is -0.137. The Hall–Kier alpha value is -2.87. The SMILES string of the molecule is O=C1CC=C(c2ccc(C(F)(F)F)cc2)N(CCCO)N1c1cccc(F)c1. The van der Waals surface area contributed by atoms with Gasteiger partial charge >= 0.3 is 6.18 Å². The molecule has 1 aliphatic heterocycles. The van der Waals surface area contributed by atoms with Crippen LogP contribution >= 0.6 is 0 Å². The number of aliphatic hydroxyl groups is 1. The van der Waals surface area contributed by atoms with E-state index in [1.807, 2.05) is 0 Å². The molecule has 0 saturated heterocycles. The van der Waals surface area contributed by atoms with Crippen LogP contribution in [0.4, 0.5) is 23.2 Å². The number of hydrazine groups is 1. The minimum atomic E-state index is -4.44. The van der Waals surface area contributed by atoms with E-state index in [9.17, 15) is 27.5 Å². The minimum Gasteiger partial charge on any atom is -0.396 e. The first kappa shape index (κ1) is 19.9. The predicted octanol–water partition coefficient (Wildman–Crippen LogP) is 4.22. The second-order valence-electron chi connectivity index (χ2n) is 6.25. The summed E-state index contributed by atoms with van der Waals surface area (Å²) in [7, 11) is 0. The number of rotatable bonds is 5. The van der Waals surface area contributed by atoms with Crippen molar-refractivity contribution in [3.63, 3.8) is 0 Å². The van der Waals surface area contributed by atoms with Crippen LogP contribution in [0.3, 0.4) is 0 Å². The molecule has 8 heteroatoms. The van der Waals surface area contributed by atoms with Crippen LogP contribution < -0.4 is 5.01 Å². The zero-order valence-electron chi connectivity index (χ0n) is 14.8. The third kappa shape index (κ3) is 4.17. The molecule has 28 heavy (non-hydrogen) atoms. The summed E-state index contributed by atoms with van der Waals surface area (Å²) in [6.45, 7) is 0.0909. The van der Waals surface area contributed by atoms with Crippen LogP contribution in [0.1, 0.15) is 24.0 Å². The number of hydrogen-bond acceptors (Lipinski definition) is 3. The van der Waals surface area contributed by atoms with Crippen molar-refractivity contribution < 1.29 is 27.5 Å². The molecule has 148 valence electrons. The maximum Gasteiger partial charge on any atom is 0.416 e. The Kier molecular flexibility index (Phi) is 5.69. The molecule has 4 nitrogen and oxygen atoms in total. The Morgan fingerprint density at radius 1 is 1.07 bits per heavy atom. The highest BCUT2D eigenvalue weighted by Gasteiger charge is 2.32. The average molecular weight is 394 g/mol. The highest BCUT2D eigenvalue weighted by Crippen LogP contribution is 2.34. The summed E-state index contributed by atoms with van der Waals surface area (Å²) in [5.41, 5.74) is 0.541. The topological polar surface area (TPSA) is 43.8 Å². The largest absolute Gasteiger partial charge is 0.416 e. The number of carbonyl (C=O) groups is 1. The number of carbonyl (C=O) groups excluding carboxylic acids is 1. The molecular formula is C20H18F4N2O2. The van der Waals surface area contributed by atoms with E-state index in [0.29, 0.717) is 23.4 Å². The number of benzene rings is 2. The van der Waals surface area contributed by atoms with Crippen molar-refractivity contribution in [3.8, 4) is 0 Å². The van der Waals surface area contributed by atoms with Gasteiger partial charge in [-0.3, -0.25) is 9.80 Å². The van der Waals surface area contributed by atoms with Gasteiger partial charge in [0, 0.05) is 19.6 Å². The van der Waals surface area contributed by atoms with Crippen LogP contribution in [0.2, 0.25) is 0 Å². The van der Waals surface area contributed by atoms with Crippen LogP contribution in [0, 0.1) is 5.82 Å². The first-order valence-corrected chi connectivity index (χ1v) is 8.66. The lowest BCUT2D eigenvalue weighted by Gasteiger charge is -2.40. The average Bonchev–Trinajstić information content (AvgIpc) is 2.65. The second kappa shape index (κ2) is 8.02. The third-order valence-corrected chi connectivity index (χ3v) is 4.31. The van der Waals surface area contributed by atoms with Crippen LogP contribution in [0.5, 0.6) is 0 Å². The highest BCUT2D eigenvalue weighted by atomic mass is 19.4. The van der Waals surface area contributed by atoms with Crippen LogP contribution in [0.15, 0.2) is 54.6 Å². The number of halogens is 4. The molecule has 1 heterocycles. The molecule has 2 aromatic rings. The molecule has 3 rings (SSSR count). The number of nitrogens with zero attached hydrogens (tertiary/aromatic N) is 2. The summed E-state index contributed by atoms with van der Waals surface area (Å²) < 4.78 is 52.2. The van der Waals surface area contributed by atoms with Crippen molar-refractivity contribution in [2.24, 2.45) is 0 Å². The lowest BCUT2D eigenvalue weighted by atomic mass is 10.1. The molecule has 0 unspecified atom stereocenters. The smallest absolute Gasteiger partial charge is 0.396 e. The van der Waals surface area contributed by atoms with E-state index in [0.717, 1.165) is 12.1 Å². The number of hydrogen-bond donors (Lipinski definition) is 1. The van der Waals surface area contributed by atoms with E-state index in [4.69, 9.17) is 0 Å². The molecule has 0 fully saturated rings. The van der Waals surface area contributed by atoms with Gasteiger partial charge in [-0.2, -0.15) is 13.2 Å². The Morgan fingerprint density at radius 3 is 2.39 bits per heavy atom. The molecule has 0 aliphatic carbocycles. The normalized spacial score (nSPS) is 15.0. The van der Waals surface area contributed by atoms with E-state index in [1.54, 1.807) is 17.2 Å². The van der Waals surface area contributed by atoms with Crippen molar-refractivity contribution in [2.75, 3.05) is 18.2 Å². The van der Waals surface area contributed by atoms with Crippen molar-refractivity contribution >= 4 is 17.3 Å². The Labute approximate surface area is 159 Å². The lowest BCUT2D eigenvalue weighted by Crippen LogP contribution is -2.48. The molecule has 1 N–H and O–H groups in total. The standard InChI is InChI=1S/C20H18F4N2O2/c21-16-3-1-4-17(13-16)26-19(28)10-9-18(25(26)11-2-12-27)14-5-7-15(8-6-14)20(22,23)24/h1,3-9,13,27H,2,10-12H2. The molecule has 0 saturated carbocycles. The van der Waals surface area contributed by atoms with Gasteiger partial charge in [0.1, 0.15) is 5.82 Å². The van der Waals surface area contributed by atoms with Gasteiger partial charge in [-0.15, -0.1) is 0 Å². The first-order chi connectivity index (χ1) is 13.3. The predicted molar refractivity (Wildman–Crippen MR) is 96.3 cm³/mol. The Bertz CT molecular complexity index is 879. The zero-order chi connectivity index (χ0) is 20.3. The van der Waals surface area contributed by atoms with Gasteiger partial charge < -0.3 is 5.11 Å². The Balaban J connectivity index is 2.00. The van der Waals surface area contributed by atoms with Gasteiger partial charge in [0.15, 0.2) is 0 Å². The molecular weight excluding hydrogens is 376 g/mol. The van der Waals surface area contributed by atoms with Gasteiger partial charge in [0.05, 0.1) is 16.9 Å². The third-order valence-electron chi connectivity index (χ3n) is 4.31. The summed E-state index contributed by atoms with van der Waals surface area (Å²) in [5.74, 6) is -0.822. The molecule has 0 radical (unpaired) electrons. The molecule has 1 amide bonds. The number of alkyl halides is 3. The molecule has 0 aromatic heterocycles. The number of amides is 1. The van der Waals surface area contributed by atoms with Crippen molar-refractivity contribution in [1.29, 1.82) is 0 Å². The van der Waals surface area contributed by atoms with Crippen LogP contribution in [-0.2, 0) is 11.0 Å². The van der Waals surface area contributed by atoms with Gasteiger partial charge in [0.25, 0.3) is 0 Å². The van der Waals surface area contributed by atoms with Gasteiger partial charge in [-0.05, 0) is 48.4 Å². The fourth-order valence-electron chi connectivity index (χ4n) is 3.05. The van der Waals surface area contributed by atoms with E-state index in [2.05, 4.69) is 0 Å². The summed E-state index contributed by atoms with van der Waals surface area (Å²) >= 11 is 0. The fourth-order valence-corrected chi connectivity index (χ4v) is 3.05. The zero-order valence-corrected chi connectivity index (χ0v) is 14.8. The van der Waals surface area contributed by atoms with Crippen molar-refractivity contribution in [2.45, 2.75) is 19.0 Å². The molecule has 0 atom stereocenters. The van der Waals surface area contributed by atoms with Crippen molar-refractivity contribution in [1.82, 2.24) is 5.01 Å². The Morgan fingerprint density at radius 2 is 1.79 bits per heavy atom. The molecule has 0 bridgehead atoms. The minimum absolute atomic E-state index is 0.0164. The number of aliphatic hydroxyl groups excluding tert-OH is 1. The molecule has 0 spiro atoms. The van der Waals surface area contributed by atoms with Gasteiger partial charge in [-0.1, -0.05) is 18.2 Å². The van der Waals surface area contributed by atoms with E-state index < -0.39 is 17.6 Å². The monoisotopic (exact) mass is 394 g/mol. The fraction of sp³-hybridized carbons (Fsp3) is 0.250. The van der Waals surface area contributed by atoms with Gasteiger partial charge in [-0.25, -0.2) is 9.40 Å². The summed E-state index contributed by atoms with van der Waals surface area (Å²) in [6, 6.07) is 10.1. The van der Waals surface area contributed by atoms with Crippen LogP contribution in [0.25, 0.3) is 5.70 Å². The van der Waals surface area contributed by atoms with E-state index in [-0.39, 0.29) is 25.5 Å². The first-order valence-electron chi connectivity index (χ1n) is 8.66. The summed E-state index contributed by atoms with van der Waals surface area (Å²) in [4.78, 5) is 12.5. The second-order valence-corrected chi connectivity index (χ2v) is 6.25. The maximum absolute atomic E-state index is 13.7. The summed E-state index contributed by atoms with van der Waals surface area (Å²) in [5, 5.41) is 12.1.